The number of amides is 2. The Hall–Kier alpha value is -3.62. The van der Waals surface area contributed by atoms with Crippen LogP contribution in [-0.2, 0) is 11.2 Å². The lowest BCUT2D eigenvalue weighted by atomic mass is 10.1. The first-order valence-corrected chi connectivity index (χ1v) is 8.56. The molecule has 0 spiro atoms. The molecular weight excluding hydrogens is 348 g/mol. The molecule has 2 aromatic heterocycles. The van der Waals surface area contributed by atoms with Crippen molar-refractivity contribution in [2.45, 2.75) is 25.2 Å². The number of aromatic nitrogens is 4. The maximum Gasteiger partial charge on any atom is 0.271 e. The monoisotopic (exact) mass is 366 g/mol. The largest absolute Gasteiger partial charge is 0.364 e. The van der Waals surface area contributed by atoms with E-state index in [1.165, 1.54) is 4.68 Å². The zero-order valence-corrected chi connectivity index (χ0v) is 14.4. The Kier molecular flexibility index (Phi) is 4.11. The number of hydrogen-bond acceptors (Lipinski definition) is 4. The maximum absolute atomic E-state index is 12.2. The van der Waals surface area contributed by atoms with Crippen molar-refractivity contribution in [1.29, 1.82) is 0 Å². The Morgan fingerprint density at radius 2 is 1.96 bits per heavy atom. The molecule has 9 nitrogen and oxygen atoms in total. The zero-order valence-electron chi connectivity index (χ0n) is 14.4. The van der Waals surface area contributed by atoms with E-state index in [0.717, 1.165) is 30.2 Å². The number of carbonyl (C=O) groups excluding carboxylic acids is 2. The summed E-state index contributed by atoms with van der Waals surface area (Å²) in [7, 11) is 0. The molecule has 1 saturated carbocycles. The molecule has 2 amide bonds. The Morgan fingerprint density at radius 3 is 2.59 bits per heavy atom. The van der Waals surface area contributed by atoms with Gasteiger partial charge in [0.15, 0.2) is 5.82 Å². The first kappa shape index (κ1) is 16.8. The van der Waals surface area contributed by atoms with Gasteiger partial charge >= 0.3 is 0 Å². The van der Waals surface area contributed by atoms with E-state index in [4.69, 9.17) is 5.73 Å². The van der Waals surface area contributed by atoms with Crippen molar-refractivity contribution in [2.75, 3.05) is 5.32 Å². The van der Waals surface area contributed by atoms with Gasteiger partial charge in [-0.1, -0.05) is 12.1 Å². The van der Waals surface area contributed by atoms with E-state index >= 15 is 0 Å². The van der Waals surface area contributed by atoms with E-state index in [1.54, 1.807) is 24.3 Å². The lowest BCUT2D eigenvalue weighted by Gasteiger charge is -2.05. The van der Waals surface area contributed by atoms with E-state index < -0.39 is 5.91 Å². The molecule has 0 aliphatic heterocycles. The van der Waals surface area contributed by atoms with Crippen molar-refractivity contribution in [3.63, 3.8) is 0 Å². The van der Waals surface area contributed by atoms with Gasteiger partial charge in [0, 0.05) is 23.7 Å². The van der Waals surface area contributed by atoms with Gasteiger partial charge in [-0.25, -0.2) is 4.68 Å². The van der Waals surface area contributed by atoms with Gasteiger partial charge in [0.1, 0.15) is 5.69 Å². The molecule has 9 heteroatoms. The Morgan fingerprint density at radius 1 is 1.22 bits per heavy atom. The molecule has 1 aliphatic rings. The molecule has 4 rings (SSSR count). The SMILES string of the molecule is NC(=O)c1cc(=O)n(-c2ccc(CC(=O)Nc3cc(C4CC4)[nH]n3)cc2)[nH]1. The number of carbonyl (C=O) groups is 2. The van der Waals surface area contributed by atoms with Crippen LogP contribution in [0.1, 0.15) is 40.5 Å². The minimum Gasteiger partial charge on any atom is -0.364 e. The highest BCUT2D eigenvalue weighted by atomic mass is 16.2. The number of hydrogen-bond donors (Lipinski definition) is 4. The summed E-state index contributed by atoms with van der Waals surface area (Å²) in [6.45, 7) is 0. The molecule has 0 atom stereocenters. The minimum absolute atomic E-state index is 0.0352. The Labute approximate surface area is 153 Å². The van der Waals surface area contributed by atoms with Crippen molar-refractivity contribution in [3.05, 3.63) is 63.7 Å². The molecule has 0 bridgehead atoms. The third-order valence-electron chi connectivity index (χ3n) is 4.43. The van der Waals surface area contributed by atoms with Crippen LogP contribution < -0.4 is 16.6 Å². The first-order chi connectivity index (χ1) is 13.0. The molecule has 2 heterocycles. The topological polar surface area (TPSA) is 139 Å². The van der Waals surface area contributed by atoms with Crippen LogP contribution in [0.25, 0.3) is 5.69 Å². The molecule has 5 N–H and O–H groups in total. The van der Waals surface area contributed by atoms with Gasteiger partial charge in [0.2, 0.25) is 5.91 Å². The van der Waals surface area contributed by atoms with Crippen LogP contribution in [0.15, 0.2) is 41.2 Å². The highest BCUT2D eigenvalue weighted by molar-refractivity contribution is 5.91. The second-order valence-corrected chi connectivity index (χ2v) is 6.58. The standard InChI is InChI=1S/C18H18N6O3/c19-18(27)14-9-17(26)24(23-14)12-5-1-10(2-6-12)7-16(25)20-15-8-13(21-22-15)11-3-4-11/h1-2,5-6,8-9,11,23H,3-4,7H2,(H2,19,27)(H2,20,21,22,25). The molecule has 1 fully saturated rings. The molecule has 27 heavy (non-hydrogen) atoms. The summed E-state index contributed by atoms with van der Waals surface area (Å²) in [5, 5.41) is 12.5. The van der Waals surface area contributed by atoms with Gasteiger partial charge in [0.25, 0.3) is 11.5 Å². The van der Waals surface area contributed by atoms with Gasteiger partial charge in [0.05, 0.1) is 12.1 Å². The number of rotatable bonds is 6. The summed E-state index contributed by atoms with van der Waals surface area (Å²) in [6.07, 6.45) is 2.50. The molecule has 138 valence electrons. The van der Waals surface area contributed by atoms with Crippen LogP contribution in [0.5, 0.6) is 0 Å². The third kappa shape index (κ3) is 3.66. The lowest BCUT2D eigenvalue weighted by Crippen LogP contribution is -2.16. The predicted octanol–water partition coefficient (Wildman–Crippen LogP) is 1.05. The quantitative estimate of drug-likeness (QED) is 0.518. The summed E-state index contributed by atoms with van der Waals surface area (Å²) in [5.41, 5.74) is 7.19. The molecule has 3 aromatic rings. The van der Waals surface area contributed by atoms with Crippen LogP contribution in [0.3, 0.4) is 0 Å². The van der Waals surface area contributed by atoms with Crippen molar-refractivity contribution < 1.29 is 9.59 Å². The fourth-order valence-electron chi connectivity index (χ4n) is 2.85. The predicted molar refractivity (Wildman–Crippen MR) is 97.8 cm³/mol. The van der Waals surface area contributed by atoms with E-state index in [0.29, 0.717) is 17.4 Å². The average Bonchev–Trinajstić information content (AvgIpc) is 3.26. The van der Waals surface area contributed by atoms with Crippen molar-refractivity contribution in [1.82, 2.24) is 20.0 Å². The summed E-state index contributed by atoms with van der Waals surface area (Å²) >= 11 is 0. The van der Waals surface area contributed by atoms with Gasteiger partial charge in [-0.2, -0.15) is 5.10 Å². The van der Waals surface area contributed by atoms with Crippen LogP contribution in [0.4, 0.5) is 5.82 Å². The van der Waals surface area contributed by atoms with E-state index in [-0.39, 0.29) is 23.6 Å². The Bertz CT molecular complexity index is 1060. The van der Waals surface area contributed by atoms with Crippen LogP contribution in [0, 0.1) is 0 Å². The van der Waals surface area contributed by atoms with Gasteiger partial charge in [-0.3, -0.25) is 24.6 Å². The fraction of sp³-hybridized carbons (Fsp3) is 0.222. The van der Waals surface area contributed by atoms with Gasteiger partial charge in [-0.15, -0.1) is 0 Å². The number of nitrogens with two attached hydrogens (primary N) is 1. The van der Waals surface area contributed by atoms with Crippen LogP contribution >= 0.6 is 0 Å². The molecular formula is C18H18N6O3. The second kappa shape index (κ2) is 6.60. The van der Waals surface area contributed by atoms with E-state index in [1.807, 2.05) is 6.07 Å². The van der Waals surface area contributed by atoms with Gasteiger partial charge < -0.3 is 11.1 Å². The summed E-state index contributed by atoms with van der Waals surface area (Å²) in [6, 6.07) is 9.87. The van der Waals surface area contributed by atoms with Crippen LogP contribution in [0.2, 0.25) is 0 Å². The number of H-pyrrole nitrogens is 2. The number of nitrogens with one attached hydrogen (secondary N) is 3. The number of benzene rings is 1. The average molecular weight is 366 g/mol. The highest BCUT2D eigenvalue weighted by Gasteiger charge is 2.25. The smallest absolute Gasteiger partial charge is 0.271 e. The van der Waals surface area contributed by atoms with Crippen molar-refractivity contribution in [3.8, 4) is 5.69 Å². The van der Waals surface area contributed by atoms with Gasteiger partial charge in [-0.05, 0) is 30.5 Å². The molecule has 1 aliphatic carbocycles. The van der Waals surface area contributed by atoms with Crippen LogP contribution in [-0.4, -0.2) is 31.8 Å². The Balaban J connectivity index is 1.41. The highest BCUT2D eigenvalue weighted by Crippen LogP contribution is 2.39. The number of nitrogens with zero attached hydrogens (tertiary/aromatic N) is 2. The van der Waals surface area contributed by atoms with E-state index in [2.05, 4.69) is 20.6 Å². The number of aromatic amines is 2. The first-order valence-electron chi connectivity index (χ1n) is 8.56. The molecule has 0 unspecified atom stereocenters. The lowest BCUT2D eigenvalue weighted by molar-refractivity contribution is -0.115. The summed E-state index contributed by atoms with van der Waals surface area (Å²) < 4.78 is 1.22. The number of anilines is 1. The second-order valence-electron chi connectivity index (χ2n) is 6.58. The van der Waals surface area contributed by atoms with Crippen molar-refractivity contribution >= 4 is 17.6 Å². The van der Waals surface area contributed by atoms with Crippen molar-refractivity contribution in [2.24, 2.45) is 5.73 Å². The summed E-state index contributed by atoms with van der Waals surface area (Å²) in [5.74, 6) is 0.185. The molecule has 0 saturated heterocycles. The molecule has 1 aromatic carbocycles. The number of primary amides is 1. The minimum atomic E-state index is -0.706. The van der Waals surface area contributed by atoms with E-state index in [9.17, 15) is 14.4 Å². The maximum atomic E-state index is 12.2. The summed E-state index contributed by atoms with van der Waals surface area (Å²) in [4.78, 5) is 35.3. The fourth-order valence-corrected chi connectivity index (χ4v) is 2.85. The normalized spacial score (nSPS) is 13.5. The zero-order chi connectivity index (χ0) is 19.0. The molecule has 0 radical (unpaired) electrons. The third-order valence-corrected chi connectivity index (χ3v) is 4.43.